The average molecular weight is 267 g/mol. The lowest BCUT2D eigenvalue weighted by Crippen LogP contribution is -1.96. The minimum atomic E-state index is 0.997. The number of aromatic nitrogens is 1. The van der Waals surface area contributed by atoms with Gasteiger partial charge in [0.15, 0.2) is 0 Å². The summed E-state index contributed by atoms with van der Waals surface area (Å²) in [5.41, 5.74) is 0.997. The number of nitrogens with zero attached hydrogens (tertiary/aromatic N) is 1. The zero-order valence-corrected chi connectivity index (χ0v) is 9.45. The highest BCUT2D eigenvalue weighted by Gasteiger charge is 1.84. The Morgan fingerprint density at radius 3 is 2.30 bits per heavy atom. The van der Waals surface area contributed by atoms with E-state index < -0.39 is 0 Å². The molecule has 3 heteroatoms. The Morgan fingerprint density at radius 1 is 1.40 bits per heavy atom. The summed E-state index contributed by atoms with van der Waals surface area (Å²) in [7, 11) is 2.55. The molecule has 0 amide bonds. The van der Waals surface area contributed by atoms with Crippen LogP contribution in [0.5, 0.6) is 0 Å². The maximum atomic E-state index is 4.12. The summed E-state index contributed by atoms with van der Waals surface area (Å²) >= 11 is 2.18. The predicted molar refractivity (Wildman–Crippen MR) is 57.6 cm³/mol. The van der Waals surface area contributed by atoms with Crippen molar-refractivity contribution < 1.29 is 0 Å². The van der Waals surface area contributed by atoms with E-state index in [0.29, 0.717) is 0 Å². The second-order valence-electron chi connectivity index (χ2n) is 1.39. The quantitative estimate of drug-likeness (QED) is 0.399. The molecule has 0 saturated carbocycles. The second kappa shape index (κ2) is 6.05. The van der Waals surface area contributed by atoms with E-state index in [1.165, 1.54) is 0 Å². The van der Waals surface area contributed by atoms with Crippen molar-refractivity contribution in [3.8, 4) is 0 Å². The number of pyridine rings is 1. The fraction of sp³-hybridized carbons (Fsp3) is 0.286. The van der Waals surface area contributed by atoms with Crippen molar-refractivity contribution >= 4 is 37.3 Å². The molecule has 0 fully saturated rings. The lowest BCUT2D eigenvalue weighted by molar-refractivity contribution is 1.33. The van der Waals surface area contributed by atoms with Crippen LogP contribution in [0.3, 0.4) is 0 Å². The molecule has 0 aromatic carbocycles. The molecular weight excluding hydrogens is 256 g/mol. The number of halogens is 1. The molecule has 10 heavy (non-hydrogen) atoms. The van der Waals surface area contributed by atoms with Gasteiger partial charge in [-0.1, -0.05) is 29.2 Å². The van der Waals surface area contributed by atoms with Gasteiger partial charge in [-0.25, -0.2) is 4.98 Å². The zero-order valence-electron chi connectivity index (χ0n) is 6.13. The summed E-state index contributed by atoms with van der Waals surface area (Å²) < 4.78 is 1.04. The van der Waals surface area contributed by atoms with Crippen LogP contribution in [0.15, 0.2) is 18.2 Å². The third-order valence-electron chi connectivity index (χ3n) is 0.737. The fourth-order valence-corrected chi connectivity index (χ4v) is 1.42. The average Bonchev–Trinajstić information content (AvgIpc) is 1.91. The Balaban J connectivity index is 0.000000371. The third-order valence-corrected chi connectivity index (χ3v) is 1.66. The van der Waals surface area contributed by atoms with Crippen LogP contribution in [-0.4, -0.2) is 4.98 Å². The summed E-state index contributed by atoms with van der Waals surface area (Å²) in [5.74, 6) is 0. The fourth-order valence-electron chi connectivity index (χ4n) is 0.424. The van der Waals surface area contributed by atoms with Gasteiger partial charge >= 0.3 is 0 Å². The standard InChI is InChI=1S/C5H5INP.C2H6/c6-4-2-1-3-5(8)7-4;1-2/h1-3H,8H2;1-2H3. The largest absolute Gasteiger partial charge is 0.243 e. The van der Waals surface area contributed by atoms with Gasteiger partial charge in [0.25, 0.3) is 0 Å². The molecule has 0 saturated heterocycles. The maximum Gasteiger partial charge on any atom is 0.102 e. The van der Waals surface area contributed by atoms with Crippen molar-refractivity contribution in [2.24, 2.45) is 0 Å². The molecule has 1 rings (SSSR count). The molecular formula is C7H11INP. The third kappa shape index (κ3) is 4.18. The molecule has 0 aliphatic rings. The normalized spacial score (nSPS) is 8.00. The van der Waals surface area contributed by atoms with E-state index in [2.05, 4.69) is 36.8 Å². The van der Waals surface area contributed by atoms with Gasteiger partial charge in [0.2, 0.25) is 0 Å². The number of hydrogen-bond donors (Lipinski definition) is 0. The van der Waals surface area contributed by atoms with E-state index in [1.807, 2.05) is 32.0 Å². The molecule has 0 bridgehead atoms. The van der Waals surface area contributed by atoms with Crippen LogP contribution >= 0.6 is 31.8 Å². The van der Waals surface area contributed by atoms with Gasteiger partial charge in [0, 0.05) is 0 Å². The summed E-state index contributed by atoms with van der Waals surface area (Å²) in [6, 6.07) is 5.90. The molecule has 1 aromatic rings. The van der Waals surface area contributed by atoms with Gasteiger partial charge in [-0.05, 0) is 34.7 Å². The predicted octanol–water partition coefficient (Wildman–Crippen LogP) is 2.21. The van der Waals surface area contributed by atoms with Gasteiger partial charge in [-0.15, -0.1) is 0 Å². The van der Waals surface area contributed by atoms with Crippen LogP contribution < -0.4 is 5.44 Å². The van der Waals surface area contributed by atoms with Crippen molar-refractivity contribution in [3.05, 3.63) is 21.9 Å². The summed E-state index contributed by atoms with van der Waals surface area (Å²) in [4.78, 5) is 4.12. The first-order valence-corrected chi connectivity index (χ1v) is 4.82. The minimum Gasteiger partial charge on any atom is -0.243 e. The van der Waals surface area contributed by atoms with Crippen LogP contribution in [0.4, 0.5) is 0 Å². The SMILES string of the molecule is CC.Pc1cccc(I)n1. The smallest absolute Gasteiger partial charge is 0.102 e. The molecule has 0 aliphatic carbocycles. The van der Waals surface area contributed by atoms with Crippen LogP contribution in [0.25, 0.3) is 0 Å². The molecule has 1 unspecified atom stereocenters. The Kier molecular flexibility index (Phi) is 6.24. The van der Waals surface area contributed by atoms with E-state index in [4.69, 9.17) is 0 Å². The molecule has 0 aliphatic heterocycles. The van der Waals surface area contributed by atoms with E-state index in [0.717, 1.165) is 9.14 Å². The molecule has 1 atom stereocenters. The lowest BCUT2D eigenvalue weighted by atomic mass is 10.5. The van der Waals surface area contributed by atoms with Crippen molar-refractivity contribution in [1.82, 2.24) is 4.98 Å². The Labute approximate surface area is 78.0 Å². The number of rotatable bonds is 0. The molecule has 0 spiro atoms. The Hall–Kier alpha value is 0.310. The second-order valence-corrected chi connectivity index (χ2v) is 3.08. The van der Waals surface area contributed by atoms with Crippen molar-refractivity contribution in [2.75, 3.05) is 0 Å². The van der Waals surface area contributed by atoms with Crippen LogP contribution in [0.1, 0.15) is 13.8 Å². The van der Waals surface area contributed by atoms with Gasteiger partial charge in [0.05, 0.1) is 5.44 Å². The Morgan fingerprint density at radius 2 is 2.00 bits per heavy atom. The lowest BCUT2D eigenvalue weighted by Gasteiger charge is -1.88. The first-order valence-electron chi connectivity index (χ1n) is 3.17. The summed E-state index contributed by atoms with van der Waals surface area (Å²) in [6.45, 7) is 4.00. The van der Waals surface area contributed by atoms with Crippen LogP contribution in [0, 0.1) is 3.70 Å². The Bertz CT molecular complexity index is 173. The molecule has 56 valence electrons. The summed E-state index contributed by atoms with van der Waals surface area (Å²) in [6.07, 6.45) is 0. The molecule has 0 N–H and O–H groups in total. The maximum absolute atomic E-state index is 4.12. The van der Waals surface area contributed by atoms with E-state index in [-0.39, 0.29) is 0 Å². The molecule has 1 nitrogen and oxygen atoms in total. The molecule has 1 aromatic heterocycles. The highest BCUT2D eigenvalue weighted by atomic mass is 127. The first kappa shape index (κ1) is 10.3. The van der Waals surface area contributed by atoms with Gasteiger partial charge in [0.1, 0.15) is 3.70 Å². The zero-order chi connectivity index (χ0) is 7.98. The van der Waals surface area contributed by atoms with Gasteiger partial charge in [-0.3, -0.25) is 0 Å². The van der Waals surface area contributed by atoms with Crippen molar-refractivity contribution in [3.63, 3.8) is 0 Å². The van der Waals surface area contributed by atoms with Crippen LogP contribution in [-0.2, 0) is 0 Å². The summed E-state index contributed by atoms with van der Waals surface area (Å²) in [5, 5.41) is 0. The highest BCUT2D eigenvalue weighted by molar-refractivity contribution is 14.1. The highest BCUT2D eigenvalue weighted by Crippen LogP contribution is 1.96. The van der Waals surface area contributed by atoms with Gasteiger partial charge in [-0.2, -0.15) is 0 Å². The van der Waals surface area contributed by atoms with Crippen molar-refractivity contribution in [1.29, 1.82) is 0 Å². The van der Waals surface area contributed by atoms with E-state index in [9.17, 15) is 0 Å². The monoisotopic (exact) mass is 267 g/mol. The van der Waals surface area contributed by atoms with Gasteiger partial charge < -0.3 is 0 Å². The van der Waals surface area contributed by atoms with E-state index >= 15 is 0 Å². The van der Waals surface area contributed by atoms with Crippen molar-refractivity contribution in [2.45, 2.75) is 13.8 Å². The minimum absolute atomic E-state index is 0.997. The topological polar surface area (TPSA) is 12.9 Å². The molecule has 0 radical (unpaired) electrons. The van der Waals surface area contributed by atoms with E-state index in [1.54, 1.807) is 0 Å². The van der Waals surface area contributed by atoms with Crippen LogP contribution in [0.2, 0.25) is 0 Å². The first-order chi connectivity index (χ1) is 4.79. The number of hydrogen-bond acceptors (Lipinski definition) is 1. The molecule has 1 heterocycles.